The van der Waals surface area contributed by atoms with Gasteiger partial charge in [0.25, 0.3) is 0 Å². The van der Waals surface area contributed by atoms with Crippen molar-refractivity contribution in [1.29, 1.82) is 0 Å². The molecular formula is C48H92O6. The highest BCUT2D eigenvalue weighted by Gasteiger charge is 2.19. The molecule has 6 heteroatoms. The Hall–Kier alpha value is -1.59. The number of rotatable bonds is 44. The molecule has 0 N–H and O–H groups in total. The van der Waals surface area contributed by atoms with E-state index in [1.165, 1.54) is 173 Å². The van der Waals surface area contributed by atoms with Crippen LogP contribution in [0.1, 0.15) is 271 Å². The topological polar surface area (TPSA) is 78.9 Å². The fourth-order valence-electron chi connectivity index (χ4n) is 7.21. The highest BCUT2D eigenvalue weighted by Crippen LogP contribution is 2.16. The van der Waals surface area contributed by atoms with Crippen molar-refractivity contribution in [1.82, 2.24) is 0 Å². The van der Waals surface area contributed by atoms with Crippen LogP contribution in [0.25, 0.3) is 0 Å². The molecule has 0 fully saturated rings. The number of carbonyl (C=O) groups is 3. The molecule has 0 aliphatic heterocycles. The molecule has 0 spiro atoms. The largest absolute Gasteiger partial charge is 0.462 e. The zero-order valence-corrected chi connectivity index (χ0v) is 36.5. The van der Waals surface area contributed by atoms with Crippen LogP contribution >= 0.6 is 0 Å². The summed E-state index contributed by atoms with van der Waals surface area (Å²) in [5, 5.41) is 0. The Morgan fingerprint density at radius 3 is 0.741 bits per heavy atom. The summed E-state index contributed by atoms with van der Waals surface area (Å²) in [7, 11) is 0. The Kier molecular flexibility index (Phi) is 42.8. The molecule has 0 bridgehead atoms. The summed E-state index contributed by atoms with van der Waals surface area (Å²) in [4.78, 5) is 37.3. The maximum Gasteiger partial charge on any atom is 0.306 e. The molecule has 0 saturated carbocycles. The third kappa shape index (κ3) is 41.6. The van der Waals surface area contributed by atoms with E-state index in [-0.39, 0.29) is 31.1 Å². The molecule has 0 amide bonds. The Morgan fingerprint density at radius 2 is 0.500 bits per heavy atom. The lowest BCUT2D eigenvalue weighted by Crippen LogP contribution is -2.30. The van der Waals surface area contributed by atoms with Gasteiger partial charge in [-0.3, -0.25) is 14.4 Å². The van der Waals surface area contributed by atoms with Gasteiger partial charge in [-0.2, -0.15) is 0 Å². The summed E-state index contributed by atoms with van der Waals surface area (Å²) in [6, 6.07) is 0. The van der Waals surface area contributed by atoms with Crippen molar-refractivity contribution in [2.75, 3.05) is 13.2 Å². The van der Waals surface area contributed by atoms with E-state index < -0.39 is 6.10 Å². The molecule has 6 nitrogen and oxygen atoms in total. The van der Waals surface area contributed by atoms with Gasteiger partial charge in [-0.25, -0.2) is 0 Å². The number of carbonyl (C=O) groups excluding carboxylic acids is 3. The van der Waals surface area contributed by atoms with Crippen LogP contribution < -0.4 is 0 Å². The van der Waals surface area contributed by atoms with Crippen molar-refractivity contribution < 1.29 is 28.6 Å². The van der Waals surface area contributed by atoms with Gasteiger partial charge < -0.3 is 14.2 Å². The minimum Gasteiger partial charge on any atom is -0.462 e. The summed E-state index contributed by atoms with van der Waals surface area (Å²) < 4.78 is 16.5. The molecule has 54 heavy (non-hydrogen) atoms. The fraction of sp³-hybridized carbons (Fsp3) is 0.938. The van der Waals surface area contributed by atoms with Gasteiger partial charge in [0.15, 0.2) is 6.10 Å². The molecule has 320 valence electrons. The summed E-state index contributed by atoms with van der Waals surface area (Å²) in [5.41, 5.74) is 0. The zero-order chi connectivity index (χ0) is 39.4. The SMILES string of the molecule is CCCCCCCCCCCCCCCCCCCCCCCCCCC(=O)OCC(COC(=O)CCCCCCCC)OC(=O)CCCCCCCC. The number of esters is 3. The van der Waals surface area contributed by atoms with Crippen LogP contribution in [0.15, 0.2) is 0 Å². The van der Waals surface area contributed by atoms with Crippen LogP contribution in [-0.2, 0) is 28.6 Å². The van der Waals surface area contributed by atoms with Gasteiger partial charge in [-0.15, -0.1) is 0 Å². The van der Waals surface area contributed by atoms with Crippen molar-refractivity contribution in [3.05, 3.63) is 0 Å². The zero-order valence-electron chi connectivity index (χ0n) is 36.5. The Balaban J connectivity index is 3.89. The number of hydrogen-bond acceptors (Lipinski definition) is 6. The van der Waals surface area contributed by atoms with Gasteiger partial charge in [0, 0.05) is 19.3 Å². The molecule has 0 aliphatic carbocycles. The summed E-state index contributed by atoms with van der Waals surface area (Å²) in [6.07, 6.45) is 45.8. The van der Waals surface area contributed by atoms with Crippen LogP contribution in [0.5, 0.6) is 0 Å². The molecule has 1 unspecified atom stereocenters. The summed E-state index contributed by atoms with van der Waals surface area (Å²) in [6.45, 7) is 6.54. The molecule has 0 heterocycles. The van der Waals surface area contributed by atoms with E-state index in [0.29, 0.717) is 19.3 Å². The van der Waals surface area contributed by atoms with E-state index in [1.54, 1.807) is 0 Å². The normalized spacial score (nSPS) is 11.8. The van der Waals surface area contributed by atoms with Crippen LogP contribution in [0.3, 0.4) is 0 Å². The van der Waals surface area contributed by atoms with E-state index in [0.717, 1.165) is 57.8 Å². The summed E-state index contributed by atoms with van der Waals surface area (Å²) >= 11 is 0. The second kappa shape index (κ2) is 44.1. The molecule has 0 aromatic rings. The number of ether oxygens (including phenoxy) is 3. The van der Waals surface area contributed by atoms with E-state index in [9.17, 15) is 14.4 Å². The maximum atomic E-state index is 12.5. The average Bonchev–Trinajstić information content (AvgIpc) is 3.17. The monoisotopic (exact) mass is 765 g/mol. The van der Waals surface area contributed by atoms with Crippen molar-refractivity contribution >= 4 is 17.9 Å². The van der Waals surface area contributed by atoms with Gasteiger partial charge >= 0.3 is 17.9 Å². The van der Waals surface area contributed by atoms with Crippen molar-refractivity contribution in [2.24, 2.45) is 0 Å². The van der Waals surface area contributed by atoms with Crippen LogP contribution in [0.2, 0.25) is 0 Å². The third-order valence-corrected chi connectivity index (χ3v) is 10.9. The van der Waals surface area contributed by atoms with Crippen LogP contribution in [0, 0.1) is 0 Å². The first-order valence-electron chi connectivity index (χ1n) is 24.0. The van der Waals surface area contributed by atoms with E-state index in [1.807, 2.05) is 0 Å². The fourth-order valence-corrected chi connectivity index (χ4v) is 7.21. The molecular weight excluding hydrogens is 673 g/mol. The lowest BCUT2D eigenvalue weighted by Gasteiger charge is -2.18. The van der Waals surface area contributed by atoms with Crippen molar-refractivity contribution in [3.8, 4) is 0 Å². The van der Waals surface area contributed by atoms with Crippen LogP contribution in [0.4, 0.5) is 0 Å². The quantitative estimate of drug-likeness (QED) is 0.0349. The average molecular weight is 765 g/mol. The minimum absolute atomic E-state index is 0.0647. The molecule has 0 aromatic heterocycles. The van der Waals surface area contributed by atoms with E-state index in [4.69, 9.17) is 14.2 Å². The molecule has 0 radical (unpaired) electrons. The van der Waals surface area contributed by atoms with Crippen molar-refractivity contribution in [3.63, 3.8) is 0 Å². The number of unbranched alkanes of at least 4 members (excludes halogenated alkanes) is 33. The Labute approximate surface area is 336 Å². The first-order chi connectivity index (χ1) is 26.5. The highest BCUT2D eigenvalue weighted by atomic mass is 16.6. The molecule has 1 atom stereocenters. The van der Waals surface area contributed by atoms with E-state index >= 15 is 0 Å². The van der Waals surface area contributed by atoms with Gasteiger partial charge in [0.1, 0.15) is 13.2 Å². The van der Waals surface area contributed by atoms with Gasteiger partial charge in [-0.05, 0) is 19.3 Å². The Bertz CT molecular complexity index is 798. The molecule has 0 aliphatic rings. The minimum atomic E-state index is -0.755. The lowest BCUT2D eigenvalue weighted by atomic mass is 10.0. The standard InChI is InChI=1S/C48H92O6/c1-4-7-10-13-16-17-18-19-20-21-22-23-24-25-26-27-28-29-30-31-32-33-36-38-41-47(50)53-44-45(54-48(51)42-39-35-15-12-9-6-3)43-52-46(49)40-37-34-14-11-8-5-2/h45H,4-44H2,1-3H3. The summed E-state index contributed by atoms with van der Waals surface area (Å²) in [5.74, 6) is -0.873. The maximum absolute atomic E-state index is 12.5. The Morgan fingerprint density at radius 1 is 0.296 bits per heavy atom. The molecule has 0 rings (SSSR count). The number of hydrogen-bond donors (Lipinski definition) is 0. The van der Waals surface area contributed by atoms with Crippen LogP contribution in [-0.4, -0.2) is 37.2 Å². The highest BCUT2D eigenvalue weighted by molar-refractivity contribution is 5.71. The van der Waals surface area contributed by atoms with Gasteiger partial charge in [0.05, 0.1) is 0 Å². The van der Waals surface area contributed by atoms with E-state index in [2.05, 4.69) is 20.8 Å². The predicted molar refractivity (Wildman–Crippen MR) is 229 cm³/mol. The third-order valence-electron chi connectivity index (χ3n) is 10.9. The predicted octanol–water partition coefficient (Wildman–Crippen LogP) is 15.3. The smallest absolute Gasteiger partial charge is 0.306 e. The van der Waals surface area contributed by atoms with Gasteiger partial charge in [0.2, 0.25) is 0 Å². The lowest BCUT2D eigenvalue weighted by molar-refractivity contribution is -0.167. The van der Waals surface area contributed by atoms with Crippen molar-refractivity contribution in [2.45, 2.75) is 277 Å². The second-order valence-electron chi connectivity index (χ2n) is 16.4. The first-order valence-corrected chi connectivity index (χ1v) is 24.0. The first kappa shape index (κ1) is 52.4. The molecule has 0 saturated heterocycles. The van der Waals surface area contributed by atoms with Gasteiger partial charge in [-0.1, -0.05) is 233 Å². The second-order valence-corrected chi connectivity index (χ2v) is 16.4. The molecule has 0 aromatic carbocycles.